The summed E-state index contributed by atoms with van der Waals surface area (Å²) in [5.41, 5.74) is 4.64. The molecule has 0 bridgehead atoms. The molecule has 0 fully saturated rings. The van der Waals surface area contributed by atoms with Gasteiger partial charge in [-0.05, 0) is 0 Å². The van der Waals surface area contributed by atoms with E-state index in [2.05, 4.69) is 15.2 Å². The van der Waals surface area contributed by atoms with E-state index in [9.17, 15) is 14.4 Å². The molecule has 1 rings (SSSR count). The Morgan fingerprint density at radius 2 is 1.90 bits per heavy atom. The lowest BCUT2D eigenvalue weighted by molar-refractivity contribution is -0.138. The Kier molecular flexibility index (Phi) is 4.43. The van der Waals surface area contributed by atoms with Crippen molar-refractivity contribution in [3.8, 4) is 0 Å². The van der Waals surface area contributed by atoms with Gasteiger partial charge in [-0.3, -0.25) is 19.5 Å². The molecular formula is C11H17N5O4. The third-order valence-corrected chi connectivity index (χ3v) is 2.35. The number of hydrogen-bond donors (Lipinski definition) is 3. The van der Waals surface area contributed by atoms with Gasteiger partial charge in [-0.2, -0.15) is 0 Å². The van der Waals surface area contributed by atoms with Crippen molar-refractivity contribution in [1.82, 2.24) is 20.1 Å². The zero-order valence-corrected chi connectivity index (χ0v) is 11.5. The van der Waals surface area contributed by atoms with E-state index in [1.165, 1.54) is 0 Å². The maximum atomic E-state index is 12.1. The Bertz CT molecular complexity index is 515. The molecule has 0 atom stereocenters. The van der Waals surface area contributed by atoms with Crippen molar-refractivity contribution in [3.05, 3.63) is 11.6 Å². The third-order valence-electron chi connectivity index (χ3n) is 2.35. The second-order valence-electron chi connectivity index (χ2n) is 5.28. The number of nitrogens with one attached hydrogen (secondary N) is 1. The summed E-state index contributed by atoms with van der Waals surface area (Å²) in [6.07, 6.45) is 0. The summed E-state index contributed by atoms with van der Waals surface area (Å²) in [5.74, 6) is -2.55. The molecular weight excluding hydrogens is 266 g/mol. The van der Waals surface area contributed by atoms with Crippen LogP contribution in [0.2, 0.25) is 0 Å². The van der Waals surface area contributed by atoms with Crippen LogP contribution in [-0.4, -0.2) is 56.1 Å². The number of nitrogens with two attached hydrogens (primary N) is 1. The van der Waals surface area contributed by atoms with Crippen molar-refractivity contribution in [2.45, 2.75) is 26.2 Å². The highest BCUT2D eigenvalue weighted by Gasteiger charge is 2.26. The molecule has 0 unspecified atom stereocenters. The first-order valence-corrected chi connectivity index (χ1v) is 5.83. The minimum Gasteiger partial charge on any atom is -0.480 e. The predicted molar refractivity (Wildman–Crippen MR) is 67.8 cm³/mol. The first-order valence-electron chi connectivity index (χ1n) is 5.83. The van der Waals surface area contributed by atoms with E-state index < -0.39 is 30.9 Å². The Hall–Kier alpha value is -2.45. The van der Waals surface area contributed by atoms with Crippen LogP contribution in [0.1, 0.15) is 37.2 Å². The number of carboxylic acid groups (broad SMARTS) is 1. The maximum absolute atomic E-state index is 12.1. The van der Waals surface area contributed by atoms with Gasteiger partial charge in [0.1, 0.15) is 18.9 Å². The van der Waals surface area contributed by atoms with Gasteiger partial charge >= 0.3 is 5.97 Å². The Balaban J connectivity index is 2.97. The summed E-state index contributed by atoms with van der Waals surface area (Å²) < 4.78 is 0. The standard InChI is InChI=1S/C11H17N5O4/c1-11(2,3)10-13-8(14-15-10)9(20)16(4-6(12)17)5-7(18)19/h4-5H2,1-3H3,(H2,12,17)(H,18,19)(H,13,14,15). The Morgan fingerprint density at radius 1 is 1.30 bits per heavy atom. The smallest absolute Gasteiger partial charge is 0.323 e. The van der Waals surface area contributed by atoms with Crippen LogP contribution in [0.15, 0.2) is 0 Å². The number of aromatic amines is 1. The molecule has 0 aliphatic carbocycles. The average Bonchev–Trinajstić information content (AvgIpc) is 2.74. The Morgan fingerprint density at radius 3 is 2.30 bits per heavy atom. The fraction of sp³-hybridized carbons (Fsp3) is 0.545. The minimum atomic E-state index is -1.26. The quantitative estimate of drug-likeness (QED) is 0.640. The fourth-order valence-electron chi connectivity index (χ4n) is 1.39. The summed E-state index contributed by atoms with van der Waals surface area (Å²) in [6, 6.07) is 0. The van der Waals surface area contributed by atoms with Crippen LogP contribution in [-0.2, 0) is 15.0 Å². The van der Waals surface area contributed by atoms with Crippen LogP contribution in [0.4, 0.5) is 0 Å². The normalized spacial score (nSPS) is 11.2. The largest absolute Gasteiger partial charge is 0.480 e. The molecule has 1 aromatic heterocycles. The van der Waals surface area contributed by atoms with Crippen LogP contribution in [0.3, 0.4) is 0 Å². The molecule has 4 N–H and O–H groups in total. The molecule has 2 amide bonds. The van der Waals surface area contributed by atoms with Crippen LogP contribution in [0, 0.1) is 0 Å². The molecule has 0 saturated heterocycles. The second-order valence-corrected chi connectivity index (χ2v) is 5.28. The number of H-pyrrole nitrogens is 1. The topological polar surface area (TPSA) is 142 Å². The first-order chi connectivity index (χ1) is 9.11. The van der Waals surface area contributed by atoms with E-state index >= 15 is 0 Å². The Labute approximate surface area is 115 Å². The number of primary amides is 1. The summed E-state index contributed by atoms with van der Waals surface area (Å²) >= 11 is 0. The van der Waals surface area contributed by atoms with Gasteiger partial charge in [0.15, 0.2) is 0 Å². The molecule has 1 aromatic rings. The van der Waals surface area contributed by atoms with Crippen LogP contribution in [0.25, 0.3) is 0 Å². The van der Waals surface area contributed by atoms with E-state index in [0.29, 0.717) is 5.82 Å². The van der Waals surface area contributed by atoms with Crippen molar-refractivity contribution >= 4 is 17.8 Å². The van der Waals surface area contributed by atoms with Crippen molar-refractivity contribution in [1.29, 1.82) is 0 Å². The molecule has 9 nitrogen and oxygen atoms in total. The number of hydrogen-bond acceptors (Lipinski definition) is 5. The number of carbonyl (C=O) groups excluding carboxylic acids is 2. The SMILES string of the molecule is CC(C)(C)c1nc(C(=O)N(CC(N)=O)CC(=O)O)n[nH]1. The van der Waals surface area contributed by atoms with Gasteiger partial charge in [-0.15, -0.1) is 5.10 Å². The molecule has 0 saturated carbocycles. The highest BCUT2D eigenvalue weighted by atomic mass is 16.4. The van der Waals surface area contributed by atoms with Crippen molar-refractivity contribution < 1.29 is 19.5 Å². The van der Waals surface area contributed by atoms with Crippen molar-refractivity contribution in [3.63, 3.8) is 0 Å². The van der Waals surface area contributed by atoms with Crippen LogP contribution >= 0.6 is 0 Å². The monoisotopic (exact) mass is 283 g/mol. The lowest BCUT2D eigenvalue weighted by Gasteiger charge is -2.17. The molecule has 0 aliphatic rings. The molecule has 0 radical (unpaired) electrons. The summed E-state index contributed by atoms with van der Waals surface area (Å²) in [7, 11) is 0. The first kappa shape index (κ1) is 15.6. The van der Waals surface area contributed by atoms with Gasteiger partial charge in [-0.25, -0.2) is 4.98 Å². The number of nitrogens with zero attached hydrogens (tertiary/aromatic N) is 3. The predicted octanol–water partition coefficient (Wildman–Crippen LogP) is -0.886. The van der Waals surface area contributed by atoms with Gasteiger partial charge < -0.3 is 15.7 Å². The zero-order chi connectivity index (χ0) is 15.5. The number of carboxylic acids is 1. The van der Waals surface area contributed by atoms with Gasteiger partial charge in [-0.1, -0.05) is 20.8 Å². The van der Waals surface area contributed by atoms with Gasteiger partial charge in [0.05, 0.1) is 0 Å². The lowest BCUT2D eigenvalue weighted by Crippen LogP contribution is -2.42. The van der Waals surface area contributed by atoms with Gasteiger partial charge in [0, 0.05) is 5.41 Å². The molecule has 0 spiro atoms. The summed E-state index contributed by atoms with van der Waals surface area (Å²) in [5, 5.41) is 15.1. The highest BCUT2D eigenvalue weighted by molar-refractivity contribution is 5.95. The van der Waals surface area contributed by atoms with Crippen molar-refractivity contribution in [2.75, 3.05) is 13.1 Å². The number of aromatic nitrogens is 3. The fourth-order valence-corrected chi connectivity index (χ4v) is 1.39. The van der Waals surface area contributed by atoms with E-state index in [1.54, 1.807) is 0 Å². The number of aliphatic carboxylic acids is 1. The zero-order valence-electron chi connectivity index (χ0n) is 11.5. The third kappa shape index (κ3) is 4.04. The van der Waals surface area contributed by atoms with E-state index in [-0.39, 0.29) is 11.2 Å². The van der Waals surface area contributed by atoms with Gasteiger partial charge in [0.25, 0.3) is 5.91 Å². The lowest BCUT2D eigenvalue weighted by atomic mass is 9.96. The summed E-state index contributed by atoms with van der Waals surface area (Å²) in [4.78, 5) is 38.4. The molecule has 0 aromatic carbocycles. The molecule has 110 valence electrons. The molecule has 1 heterocycles. The van der Waals surface area contributed by atoms with E-state index in [4.69, 9.17) is 10.8 Å². The second kappa shape index (κ2) is 5.68. The van der Waals surface area contributed by atoms with Crippen LogP contribution < -0.4 is 5.73 Å². The van der Waals surface area contributed by atoms with E-state index in [1.807, 2.05) is 20.8 Å². The number of rotatable bonds is 5. The van der Waals surface area contributed by atoms with Crippen molar-refractivity contribution in [2.24, 2.45) is 5.73 Å². The van der Waals surface area contributed by atoms with Gasteiger partial charge in [0.2, 0.25) is 11.7 Å². The maximum Gasteiger partial charge on any atom is 0.323 e. The number of carbonyl (C=O) groups is 3. The van der Waals surface area contributed by atoms with E-state index in [0.717, 1.165) is 4.90 Å². The minimum absolute atomic E-state index is 0.197. The van der Waals surface area contributed by atoms with Crippen LogP contribution in [0.5, 0.6) is 0 Å². The number of amides is 2. The molecule has 0 aliphatic heterocycles. The highest BCUT2D eigenvalue weighted by Crippen LogP contribution is 2.17. The molecule has 20 heavy (non-hydrogen) atoms. The molecule has 9 heteroatoms. The summed E-state index contributed by atoms with van der Waals surface area (Å²) in [6.45, 7) is 4.46. The average molecular weight is 283 g/mol.